The van der Waals surface area contributed by atoms with Crippen LogP contribution in [0.5, 0.6) is 0 Å². The maximum atomic E-state index is 5.57. The van der Waals surface area contributed by atoms with E-state index < -0.39 is 0 Å². The number of nitrogens with two attached hydrogens (primary N) is 1. The van der Waals surface area contributed by atoms with E-state index in [9.17, 15) is 0 Å². The van der Waals surface area contributed by atoms with E-state index in [0.717, 1.165) is 25.9 Å². The van der Waals surface area contributed by atoms with Gasteiger partial charge in [0.25, 0.3) is 0 Å². The van der Waals surface area contributed by atoms with Gasteiger partial charge in [0.05, 0.1) is 0 Å². The Morgan fingerprint density at radius 2 is 1.75 bits per heavy atom. The summed E-state index contributed by atoms with van der Waals surface area (Å²) >= 11 is 0. The fourth-order valence-corrected chi connectivity index (χ4v) is 0.770. The van der Waals surface area contributed by atoms with Crippen molar-refractivity contribution in [2.75, 3.05) is 13.1 Å². The smallest absolute Gasteiger partial charge is 0.662 e. The van der Waals surface area contributed by atoms with Gasteiger partial charge in [-0.2, -0.15) is 0 Å². The molecule has 3 heteroatoms. The number of hydrogen-bond acceptors (Lipinski definition) is 1. The van der Waals surface area contributed by atoms with Crippen molar-refractivity contribution in [2.24, 2.45) is 5.73 Å². The Kier molecular flexibility index (Phi) is 6.39. The Bertz CT molecular complexity index is 52.4. The molecule has 0 aromatic rings. The Hall–Kier alpha value is 1.56. The topological polar surface area (TPSA) is 40.1 Å². The zero-order chi connectivity index (χ0) is 5.11. The third kappa shape index (κ3) is 3.56. The molecular formula is C5H11KN2. The third-order valence-electron chi connectivity index (χ3n) is 1.32. The first-order valence-corrected chi connectivity index (χ1v) is 2.78. The minimum atomic E-state index is 0. The molecule has 1 aliphatic rings. The molecule has 1 heterocycles. The maximum Gasteiger partial charge on any atom is 1.00 e. The van der Waals surface area contributed by atoms with Gasteiger partial charge in [-0.3, -0.25) is 0 Å². The Morgan fingerprint density at radius 1 is 1.25 bits per heavy atom. The molecule has 0 aliphatic carbocycles. The molecule has 0 atom stereocenters. The molecule has 1 saturated heterocycles. The molecule has 0 radical (unpaired) electrons. The minimum absolute atomic E-state index is 0. The van der Waals surface area contributed by atoms with Crippen molar-refractivity contribution in [1.29, 1.82) is 0 Å². The molecule has 0 spiro atoms. The molecule has 8 heavy (non-hydrogen) atoms. The zero-order valence-electron chi connectivity index (χ0n) is 5.43. The quantitative estimate of drug-likeness (QED) is 0.369. The summed E-state index contributed by atoms with van der Waals surface area (Å²) in [6, 6.07) is 0.442. The monoisotopic (exact) mass is 138 g/mol. The number of hydrogen-bond donors (Lipinski definition) is 1. The van der Waals surface area contributed by atoms with Crippen molar-refractivity contribution < 1.29 is 51.4 Å². The van der Waals surface area contributed by atoms with Gasteiger partial charge in [-0.15, -0.1) is 13.1 Å². The number of rotatable bonds is 0. The van der Waals surface area contributed by atoms with Gasteiger partial charge in [0, 0.05) is 6.04 Å². The predicted octanol–water partition coefficient (Wildman–Crippen LogP) is -2.51. The van der Waals surface area contributed by atoms with Crippen LogP contribution in [0.15, 0.2) is 0 Å². The van der Waals surface area contributed by atoms with Crippen LogP contribution in [0, 0.1) is 0 Å². The molecular weight excluding hydrogens is 127 g/mol. The van der Waals surface area contributed by atoms with Crippen molar-refractivity contribution in [3.05, 3.63) is 5.32 Å². The van der Waals surface area contributed by atoms with Gasteiger partial charge in [-0.25, -0.2) is 0 Å². The van der Waals surface area contributed by atoms with E-state index in [4.69, 9.17) is 5.73 Å². The standard InChI is InChI=1S/C5H11N2.K/c6-5-1-3-7-4-2-5;/h5H,1-4,6H2;/q-1;+1. The molecule has 0 amide bonds. The second-order valence-electron chi connectivity index (χ2n) is 2.01. The Morgan fingerprint density at radius 3 is 2.00 bits per heavy atom. The summed E-state index contributed by atoms with van der Waals surface area (Å²) < 4.78 is 0. The Balaban J connectivity index is 0.000000490. The van der Waals surface area contributed by atoms with Crippen LogP contribution in [-0.4, -0.2) is 19.1 Å². The normalized spacial score (nSPS) is 22.1. The predicted molar refractivity (Wildman–Crippen MR) is 30.3 cm³/mol. The van der Waals surface area contributed by atoms with Gasteiger partial charge in [0.15, 0.2) is 0 Å². The van der Waals surface area contributed by atoms with Crippen molar-refractivity contribution in [1.82, 2.24) is 0 Å². The van der Waals surface area contributed by atoms with E-state index in [1.54, 1.807) is 0 Å². The number of piperidine rings is 1. The van der Waals surface area contributed by atoms with E-state index in [-0.39, 0.29) is 51.4 Å². The summed E-state index contributed by atoms with van der Waals surface area (Å²) in [6.45, 7) is 1.97. The zero-order valence-corrected chi connectivity index (χ0v) is 8.55. The van der Waals surface area contributed by atoms with Gasteiger partial charge >= 0.3 is 51.4 Å². The van der Waals surface area contributed by atoms with Crippen LogP contribution in [0.25, 0.3) is 5.32 Å². The van der Waals surface area contributed by atoms with Crippen molar-refractivity contribution in [3.63, 3.8) is 0 Å². The molecule has 1 rings (SSSR count). The third-order valence-corrected chi connectivity index (χ3v) is 1.32. The van der Waals surface area contributed by atoms with Crippen LogP contribution in [0.2, 0.25) is 0 Å². The van der Waals surface area contributed by atoms with Gasteiger partial charge in [0.2, 0.25) is 0 Å². The Labute approximate surface area is 93.0 Å². The summed E-state index contributed by atoms with van der Waals surface area (Å²) in [5.41, 5.74) is 5.57. The number of nitrogens with zero attached hydrogens (tertiary/aromatic N) is 1. The molecule has 0 bridgehead atoms. The van der Waals surface area contributed by atoms with Crippen LogP contribution in [-0.2, 0) is 0 Å². The SMILES string of the molecule is NC1CC[N-]CC1.[K+]. The molecule has 2 N–H and O–H groups in total. The molecule has 42 valence electrons. The second kappa shape index (κ2) is 5.35. The summed E-state index contributed by atoms with van der Waals surface area (Å²) in [7, 11) is 0. The van der Waals surface area contributed by atoms with Crippen molar-refractivity contribution in [2.45, 2.75) is 18.9 Å². The molecule has 0 unspecified atom stereocenters. The van der Waals surface area contributed by atoms with E-state index in [1.165, 1.54) is 0 Å². The summed E-state index contributed by atoms with van der Waals surface area (Å²) in [6.07, 6.45) is 2.19. The average molecular weight is 138 g/mol. The van der Waals surface area contributed by atoms with Gasteiger partial charge in [-0.05, 0) is 0 Å². The maximum absolute atomic E-state index is 5.57. The molecule has 1 aliphatic heterocycles. The van der Waals surface area contributed by atoms with E-state index in [1.807, 2.05) is 0 Å². The summed E-state index contributed by atoms with van der Waals surface area (Å²) in [4.78, 5) is 0. The van der Waals surface area contributed by atoms with Crippen LogP contribution in [0.4, 0.5) is 0 Å². The minimum Gasteiger partial charge on any atom is -0.662 e. The molecule has 0 saturated carbocycles. The van der Waals surface area contributed by atoms with Gasteiger partial charge < -0.3 is 11.1 Å². The van der Waals surface area contributed by atoms with E-state index >= 15 is 0 Å². The van der Waals surface area contributed by atoms with E-state index in [2.05, 4.69) is 5.32 Å². The van der Waals surface area contributed by atoms with E-state index in [0.29, 0.717) is 6.04 Å². The van der Waals surface area contributed by atoms with Crippen LogP contribution in [0.1, 0.15) is 12.8 Å². The first kappa shape index (κ1) is 9.56. The van der Waals surface area contributed by atoms with Crippen LogP contribution in [0.3, 0.4) is 0 Å². The fraction of sp³-hybridized carbons (Fsp3) is 1.00. The van der Waals surface area contributed by atoms with Gasteiger partial charge in [-0.1, -0.05) is 12.8 Å². The summed E-state index contributed by atoms with van der Waals surface area (Å²) in [5.74, 6) is 0. The second-order valence-corrected chi connectivity index (χ2v) is 2.01. The largest absolute Gasteiger partial charge is 1.00 e. The molecule has 0 aromatic heterocycles. The van der Waals surface area contributed by atoms with Gasteiger partial charge in [0.1, 0.15) is 0 Å². The first-order valence-electron chi connectivity index (χ1n) is 2.78. The average Bonchev–Trinajstić information content (AvgIpc) is 1.69. The summed E-state index contributed by atoms with van der Waals surface area (Å²) in [5, 5.41) is 4.15. The fourth-order valence-electron chi connectivity index (χ4n) is 0.770. The van der Waals surface area contributed by atoms with Crippen molar-refractivity contribution >= 4 is 0 Å². The van der Waals surface area contributed by atoms with Crippen LogP contribution >= 0.6 is 0 Å². The first-order chi connectivity index (χ1) is 3.39. The molecule has 2 nitrogen and oxygen atoms in total. The molecule has 1 fully saturated rings. The van der Waals surface area contributed by atoms with Crippen LogP contribution < -0.4 is 57.1 Å². The van der Waals surface area contributed by atoms with Crippen molar-refractivity contribution in [3.8, 4) is 0 Å². The molecule has 0 aromatic carbocycles.